The van der Waals surface area contributed by atoms with Gasteiger partial charge in [-0.25, -0.2) is 0 Å². The highest BCUT2D eigenvalue weighted by Gasteiger charge is 2.03. The standard InChI is InChI=1S/C13H13ClN2/c1-15-7-10-6-11(9-16-8-10)12-4-2-3-5-13(12)14/h2-6,8-9,15H,7H2,1H3. The summed E-state index contributed by atoms with van der Waals surface area (Å²) in [5, 5.41) is 3.86. The lowest BCUT2D eigenvalue weighted by Crippen LogP contribution is -2.05. The van der Waals surface area contributed by atoms with E-state index in [4.69, 9.17) is 11.6 Å². The monoisotopic (exact) mass is 232 g/mol. The third-order valence-electron chi connectivity index (χ3n) is 2.36. The van der Waals surface area contributed by atoms with E-state index in [-0.39, 0.29) is 0 Å². The molecule has 0 saturated carbocycles. The molecule has 2 aromatic rings. The highest BCUT2D eigenvalue weighted by Crippen LogP contribution is 2.27. The zero-order valence-electron chi connectivity index (χ0n) is 9.07. The summed E-state index contributed by atoms with van der Waals surface area (Å²) in [6.07, 6.45) is 3.69. The predicted octanol–water partition coefficient (Wildman–Crippen LogP) is 3.12. The Morgan fingerprint density at radius 3 is 2.81 bits per heavy atom. The molecule has 1 aromatic carbocycles. The van der Waals surface area contributed by atoms with Gasteiger partial charge in [-0.2, -0.15) is 0 Å². The first kappa shape index (κ1) is 11.1. The number of hydrogen-bond donors (Lipinski definition) is 1. The van der Waals surface area contributed by atoms with Crippen molar-refractivity contribution >= 4 is 11.6 Å². The van der Waals surface area contributed by atoms with Crippen molar-refractivity contribution in [1.82, 2.24) is 10.3 Å². The van der Waals surface area contributed by atoms with Crippen molar-refractivity contribution in [3.05, 3.63) is 53.3 Å². The van der Waals surface area contributed by atoms with E-state index in [0.29, 0.717) is 0 Å². The van der Waals surface area contributed by atoms with Crippen LogP contribution >= 0.6 is 11.6 Å². The van der Waals surface area contributed by atoms with Gasteiger partial charge in [-0.05, 0) is 24.7 Å². The van der Waals surface area contributed by atoms with Crippen LogP contribution in [0.15, 0.2) is 42.7 Å². The van der Waals surface area contributed by atoms with Gasteiger partial charge in [0.05, 0.1) is 0 Å². The average Bonchev–Trinajstić information content (AvgIpc) is 2.30. The molecule has 0 aliphatic carbocycles. The molecule has 0 aliphatic heterocycles. The second-order valence-electron chi connectivity index (χ2n) is 3.59. The number of nitrogens with zero attached hydrogens (tertiary/aromatic N) is 1. The maximum atomic E-state index is 6.14. The maximum Gasteiger partial charge on any atom is 0.0484 e. The Labute approximate surface area is 100 Å². The Kier molecular flexibility index (Phi) is 3.54. The van der Waals surface area contributed by atoms with Crippen molar-refractivity contribution < 1.29 is 0 Å². The van der Waals surface area contributed by atoms with E-state index in [2.05, 4.69) is 16.4 Å². The number of halogens is 1. The molecule has 0 amide bonds. The second kappa shape index (κ2) is 5.10. The maximum absolute atomic E-state index is 6.14. The van der Waals surface area contributed by atoms with Gasteiger partial charge in [0.1, 0.15) is 0 Å². The zero-order chi connectivity index (χ0) is 11.4. The molecule has 0 atom stereocenters. The summed E-state index contributed by atoms with van der Waals surface area (Å²) in [6.45, 7) is 0.811. The molecule has 0 saturated heterocycles. The van der Waals surface area contributed by atoms with Gasteiger partial charge in [0, 0.05) is 35.1 Å². The average molecular weight is 233 g/mol. The van der Waals surface area contributed by atoms with Crippen molar-refractivity contribution in [3.63, 3.8) is 0 Å². The van der Waals surface area contributed by atoms with Crippen LogP contribution in [0.3, 0.4) is 0 Å². The van der Waals surface area contributed by atoms with E-state index < -0.39 is 0 Å². The zero-order valence-corrected chi connectivity index (χ0v) is 9.83. The highest BCUT2D eigenvalue weighted by molar-refractivity contribution is 6.33. The predicted molar refractivity (Wildman–Crippen MR) is 67.4 cm³/mol. The SMILES string of the molecule is CNCc1cncc(-c2ccccc2Cl)c1. The van der Waals surface area contributed by atoms with Gasteiger partial charge in [0.2, 0.25) is 0 Å². The second-order valence-corrected chi connectivity index (χ2v) is 4.00. The lowest BCUT2D eigenvalue weighted by molar-refractivity contribution is 0.813. The summed E-state index contributed by atoms with van der Waals surface area (Å²) in [6, 6.07) is 9.90. The summed E-state index contributed by atoms with van der Waals surface area (Å²) in [4.78, 5) is 4.22. The summed E-state index contributed by atoms with van der Waals surface area (Å²) in [5.41, 5.74) is 3.23. The number of pyridine rings is 1. The molecule has 1 heterocycles. The molecular formula is C13H13ClN2. The highest BCUT2D eigenvalue weighted by atomic mass is 35.5. The summed E-state index contributed by atoms with van der Waals surface area (Å²) in [5.74, 6) is 0. The fourth-order valence-corrected chi connectivity index (χ4v) is 1.88. The van der Waals surface area contributed by atoms with Gasteiger partial charge >= 0.3 is 0 Å². The first-order valence-electron chi connectivity index (χ1n) is 5.14. The molecule has 1 N–H and O–H groups in total. The van der Waals surface area contributed by atoms with Crippen molar-refractivity contribution in [3.8, 4) is 11.1 Å². The molecule has 0 unspecified atom stereocenters. The van der Waals surface area contributed by atoms with Gasteiger partial charge in [0.25, 0.3) is 0 Å². The number of benzene rings is 1. The van der Waals surface area contributed by atoms with E-state index in [0.717, 1.165) is 28.3 Å². The lowest BCUT2D eigenvalue weighted by Gasteiger charge is -2.06. The molecule has 0 bridgehead atoms. The summed E-state index contributed by atoms with van der Waals surface area (Å²) < 4.78 is 0. The largest absolute Gasteiger partial charge is 0.316 e. The molecule has 16 heavy (non-hydrogen) atoms. The molecule has 0 aliphatic rings. The van der Waals surface area contributed by atoms with Gasteiger partial charge < -0.3 is 5.32 Å². The Morgan fingerprint density at radius 2 is 2.06 bits per heavy atom. The Balaban J connectivity index is 2.40. The minimum absolute atomic E-state index is 0.755. The van der Waals surface area contributed by atoms with Crippen molar-refractivity contribution in [2.75, 3.05) is 7.05 Å². The van der Waals surface area contributed by atoms with E-state index in [1.54, 1.807) is 0 Å². The van der Waals surface area contributed by atoms with Crippen LogP contribution in [0, 0.1) is 0 Å². The molecular weight excluding hydrogens is 220 g/mol. The van der Waals surface area contributed by atoms with Gasteiger partial charge in [-0.3, -0.25) is 4.98 Å². The van der Waals surface area contributed by atoms with Crippen LogP contribution in [0.25, 0.3) is 11.1 Å². The topological polar surface area (TPSA) is 24.9 Å². The third-order valence-corrected chi connectivity index (χ3v) is 2.69. The van der Waals surface area contributed by atoms with Crippen LogP contribution in [-0.4, -0.2) is 12.0 Å². The molecule has 2 rings (SSSR count). The van der Waals surface area contributed by atoms with E-state index in [1.807, 2.05) is 43.7 Å². The van der Waals surface area contributed by atoms with Crippen LogP contribution in [0.5, 0.6) is 0 Å². The van der Waals surface area contributed by atoms with E-state index >= 15 is 0 Å². The van der Waals surface area contributed by atoms with Crippen LogP contribution in [-0.2, 0) is 6.54 Å². The Hall–Kier alpha value is -1.38. The fraction of sp³-hybridized carbons (Fsp3) is 0.154. The number of aromatic nitrogens is 1. The van der Waals surface area contributed by atoms with Crippen molar-refractivity contribution in [1.29, 1.82) is 0 Å². The number of hydrogen-bond acceptors (Lipinski definition) is 2. The van der Waals surface area contributed by atoms with Crippen molar-refractivity contribution in [2.45, 2.75) is 6.54 Å². The molecule has 0 spiro atoms. The van der Waals surface area contributed by atoms with Gasteiger partial charge in [-0.1, -0.05) is 29.8 Å². The molecule has 1 aromatic heterocycles. The normalized spacial score (nSPS) is 10.4. The quantitative estimate of drug-likeness (QED) is 0.880. The number of nitrogens with one attached hydrogen (secondary N) is 1. The Bertz CT molecular complexity index is 483. The molecule has 2 nitrogen and oxygen atoms in total. The minimum atomic E-state index is 0.755. The molecule has 82 valence electrons. The first-order chi connectivity index (χ1) is 7.81. The first-order valence-corrected chi connectivity index (χ1v) is 5.52. The van der Waals surface area contributed by atoms with E-state index in [9.17, 15) is 0 Å². The summed E-state index contributed by atoms with van der Waals surface area (Å²) in [7, 11) is 1.92. The van der Waals surface area contributed by atoms with Crippen LogP contribution in [0.4, 0.5) is 0 Å². The molecule has 3 heteroatoms. The lowest BCUT2D eigenvalue weighted by atomic mass is 10.1. The van der Waals surface area contributed by atoms with E-state index in [1.165, 1.54) is 0 Å². The smallest absolute Gasteiger partial charge is 0.0484 e. The van der Waals surface area contributed by atoms with Gasteiger partial charge in [-0.15, -0.1) is 0 Å². The summed E-state index contributed by atoms with van der Waals surface area (Å²) >= 11 is 6.14. The molecule has 0 fully saturated rings. The molecule has 0 radical (unpaired) electrons. The van der Waals surface area contributed by atoms with Crippen LogP contribution in [0.2, 0.25) is 5.02 Å². The fourth-order valence-electron chi connectivity index (χ4n) is 1.63. The third kappa shape index (κ3) is 2.40. The Morgan fingerprint density at radius 1 is 1.25 bits per heavy atom. The number of rotatable bonds is 3. The van der Waals surface area contributed by atoms with Crippen LogP contribution in [0.1, 0.15) is 5.56 Å². The minimum Gasteiger partial charge on any atom is -0.316 e. The van der Waals surface area contributed by atoms with Gasteiger partial charge in [0.15, 0.2) is 0 Å². The van der Waals surface area contributed by atoms with Crippen LogP contribution < -0.4 is 5.32 Å². The van der Waals surface area contributed by atoms with Crippen molar-refractivity contribution in [2.24, 2.45) is 0 Å².